The van der Waals surface area contributed by atoms with Crippen LogP contribution < -0.4 is 5.32 Å². The van der Waals surface area contributed by atoms with Crippen molar-refractivity contribution < 1.29 is 13.2 Å². The van der Waals surface area contributed by atoms with Crippen molar-refractivity contribution in [2.45, 2.75) is 31.2 Å². The highest BCUT2D eigenvalue weighted by Gasteiger charge is 2.44. The molecule has 0 saturated carbocycles. The molecule has 1 fully saturated rings. The van der Waals surface area contributed by atoms with Crippen LogP contribution in [0.4, 0.5) is 0 Å². The van der Waals surface area contributed by atoms with Gasteiger partial charge in [0.05, 0.1) is 4.90 Å². The van der Waals surface area contributed by atoms with Gasteiger partial charge >= 0.3 is 0 Å². The van der Waals surface area contributed by atoms with Crippen LogP contribution in [0.1, 0.15) is 16.7 Å². The van der Waals surface area contributed by atoms with E-state index < -0.39 is 22.0 Å². The van der Waals surface area contributed by atoms with Crippen molar-refractivity contribution in [2.75, 3.05) is 0 Å². The van der Waals surface area contributed by atoms with Gasteiger partial charge in [-0.05, 0) is 48.8 Å². The second-order valence-electron chi connectivity index (χ2n) is 6.07. The summed E-state index contributed by atoms with van der Waals surface area (Å²) in [4.78, 5) is 12.5. The van der Waals surface area contributed by atoms with Gasteiger partial charge in [-0.25, -0.2) is 12.7 Å². The molecule has 0 bridgehead atoms. The Morgan fingerprint density at radius 1 is 1.12 bits per heavy atom. The quantitative estimate of drug-likeness (QED) is 0.834. The SMILES string of the molecule is Cc1ccc(C)c(S(=O)(=O)N2C(=S)NC(=O)C2Cc2ccccc2)c1. The summed E-state index contributed by atoms with van der Waals surface area (Å²) in [7, 11) is -3.93. The van der Waals surface area contributed by atoms with Crippen LogP contribution in [0, 0.1) is 13.8 Å². The van der Waals surface area contributed by atoms with Crippen molar-refractivity contribution in [1.29, 1.82) is 0 Å². The monoisotopic (exact) mass is 374 g/mol. The normalized spacial score (nSPS) is 17.7. The van der Waals surface area contributed by atoms with Crippen LogP contribution in [0.25, 0.3) is 0 Å². The molecule has 1 unspecified atom stereocenters. The predicted octanol–water partition coefficient (Wildman–Crippen LogP) is 2.32. The molecule has 0 radical (unpaired) electrons. The average molecular weight is 374 g/mol. The van der Waals surface area contributed by atoms with E-state index in [4.69, 9.17) is 12.2 Å². The summed E-state index contributed by atoms with van der Waals surface area (Å²) in [6.07, 6.45) is 0.261. The molecule has 3 rings (SSSR count). The van der Waals surface area contributed by atoms with Crippen LogP contribution in [0.5, 0.6) is 0 Å². The van der Waals surface area contributed by atoms with Gasteiger partial charge < -0.3 is 5.32 Å². The summed E-state index contributed by atoms with van der Waals surface area (Å²) < 4.78 is 27.5. The predicted molar refractivity (Wildman–Crippen MR) is 99.6 cm³/mol. The van der Waals surface area contributed by atoms with Gasteiger partial charge in [0.2, 0.25) is 0 Å². The molecule has 7 heteroatoms. The second kappa shape index (κ2) is 6.57. The molecule has 1 amide bonds. The molecule has 130 valence electrons. The van der Waals surface area contributed by atoms with E-state index in [0.29, 0.717) is 5.56 Å². The Kier molecular flexibility index (Phi) is 4.62. The number of amides is 1. The van der Waals surface area contributed by atoms with Crippen molar-refractivity contribution in [3.8, 4) is 0 Å². The van der Waals surface area contributed by atoms with E-state index >= 15 is 0 Å². The van der Waals surface area contributed by atoms with Gasteiger partial charge in [-0.2, -0.15) is 0 Å². The molecule has 1 heterocycles. The van der Waals surface area contributed by atoms with E-state index in [1.54, 1.807) is 19.1 Å². The maximum atomic E-state index is 13.2. The van der Waals surface area contributed by atoms with E-state index in [9.17, 15) is 13.2 Å². The Labute approximate surface area is 152 Å². The molecule has 5 nitrogen and oxygen atoms in total. The fraction of sp³-hybridized carbons (Fsp3) is 0.222. The van der Waals surface area contributed by atoms with Crippen molar-refractivity contribution >= 4 is 33.3 Å². The molecule has 0 aromatic heterocycles. The number of hydrogen-bond donors (Lipinski definition) is 1. The fourth-order valence-electron chi connectivity index (χ4n) is 2.87. The highest BCUT2D eigenvalue weighted by Crippen LogP contribution is 2.27. The lowest BCUT2D eigenvalue weighted by molar-refractivity contribution is -0.120. The molecule has 0 spiro atoms. The number of thiocarbonyl (C=S) groups is 1. The first-order chi connectivity index (χ1) is 11.8. The van der Waals surface area contributed by atoms with Gasteiger partial charge in [-0.1, -0.05) is 42.5 Å². The van der Waals surface area contributed by atoms with Crippen LogP contribution in [0.3, 0.4) is 0 Å². The lowest BCUT2D eigenvalue weighted by Gasteiger charge is -2.24. The Morgan fingerprint density at radius 2 is 1.80 bits per heavy atom. The van der Waals surface area contributed by atoms with Gasteiger partial charge in [-0.3, -0.25) is 4.79 Å². The topological polar surface area (TPSA) is 66.5 Å². The number of nitrogens with zero attached hydrogens (tertiary/aromatic N) is 1. The fourth-order valence-corrected chi connectivity index (χ4v) is 5.19. The molecule has 1 aliphatic heterocycles. The molecule has 1 atom stereocenters. The van der Waals surface area contributed by atoms with Gasteiger partial charge in [0.25, 0.3) is 15.9 Å². The minimum atomic E-state index is -3.93. The largest absolute Gasteiger partial charge is 0.300 e. The van der Waals surface area contributed by atoms with Crippen LogP contribution >= 0.6 is 12.2 Å². The first-order valence-electron chi connectivity index (χ1n) is 7.81. The number of benzene rings is 2. The number of carbonyl (C=O) groups excluding carboxylic acids is 1. The van der Waals surface area contributed by atoms with E-state index in [1.807, 2.05) is 43.3 Å². The third-order valence-electron chi connectivity index (χ3n) is 4.17. The zero-order valence-electron chi connectivity index (χ0n) is 13.9. The van der Waals surface area contributed by atoms with Crippen molar-refractivity contribution in [1.82, 2.24) is 9.62 Å². The molecule has 2 aromatic rings. The Balaban J connectivity index is 2.04. The standard InChI is InChI=1S/C18H18N2O3S2/c1-12-8-9-13(2)16(10-12)25(22,23)20-15(17(21)19-18(20)24)11-14-6-4-3-5-7-14/h3-10,15H,11H2,1-2H3,(H,19,21,24). The Morgan fingerprint density at radius 3 is 2.48 bits per heavy atom. The number of hydrogen-bond acceptors (Lipinski definition) is 4. The number of aryl methyl sites for hydroxylation is 2. The van der Waals surface area contributed by atoms with E-state index in [-0.39, 0.29) is 16.4 Å². The maximum Gasteiger partial charge on any atom is 0.267 e. The first-order valence-corrected chi connectivity index (χ1v) is 9.66. The molecule has 25 heavy (non-hydrogen) atoms. The highest BCUT2D eigenvalue weighted by molar-refractivity contribution is 7.91. The molecule has 1 aliphatic rings. The average Bonchev–Trinajstić information content (AvgIpc) is 2.85. The van der Waals surface area contributed by atoms with Gasteiger partial charge in [0, 0.05) is 6.42 Å². The van der Waals surface area contributed by atoms with Crippen molar-refractivity contribution in [2.24, 2.45) is 0 Å². The summed E-state index contributed by atoms with van der Waals surface area (Å²) in [5, 5.41) is 2.41. The summed E-state index contributed by atoms with van der Waals surface area (Å²) in [5.74, 6) is -0.400. The third-order valence-corrected chi connectivity index (χ3v) is 6.53. The number of sulfonamides is 1. The van der Waals surface area contributed by atoms with Crippen LogP contribution in [0.2, 0.25) is 0 Å². The Bertz CT molecular complexity index is 940. The zero-order chi connectivity index (χ0) is 18.2. The number of rotatable bonds is 4. The molecular weight excluding hydrogens is 356 g/mol. The van der Waals surface area contributed by atoms with Crippen LogP contribution in [0.15, 0.2) is 53.4 Å². The van der Waals surface area contributed by atoms with E-state index in [1.165, 1.54) is 0 Å². The molecule has 1 saturated heterocycles. The molecular formula is C18H18N2O3S2. The number of nitrogens with one attached hydrogen (secondary N) is 1. The highest BCUT2D eigenvalue weighted by atomic mass is 32.2. The first kappa shape index (κ1) is 17.6. The van der Waals surface area contributed by atoms with E-state index in [0.717, 1.165) is 15.4 Å². The smallest absolute Gasteiger partial charge is 0.267 e. The second-order valence-corrected chi connectivity index (χ2v) is 8.24. The van der Waals surface area contributed by atoms with Gasteiger partial charge in [-0.15, -0.1) is 0 Å². The molecule has 2 aromatic carbocycles. The maximum absolute atomic E-state index is 13.2. The summed E-state index contributed by atoms with van der Waals surface area (Å²) in [5.41, 5.74) is 2.31. The van der Waals surface area contributed by atoms with Gasteiger partial charge in [0.1, 0.15) is 6.04 Å². The van der Waals surface area contributed by atoms with Crippen LogP contribution in [-0.4, -0.2) is 29.8 Å². The van der Waals surface area contributed by atoms with Crippen LogP contribution in [-0.2, 0) is 21.2 Å². The van der Waals surface area contributed by atoms with Crippen molar-refractivity contribution in [3.05, 3.63) is 65.2 Å². The minimum absolute atomic E-state index is 0.0770. The van der Waals surface area contributed by atoms with Crippen molar-refractivity contribution in [3.63, 3.8) is 0 Å². The zero-order valence-corrected chi connectivity index (χ0v) is 15.5. The minimum Gasteiger partial charge on any atom is -0.300 e. The van der Waals surface area contributed by atoms with E-state index in [2.05, 4.69) is 5.32 Å². The third kappa shape index (κ3) is 3.29. The van der Waals surface area contributed by atoms with Gasteiger partial charge in [0.15, 0.2) is 5.11 Å². The summed E-state index contributed by atoms with van der Waals surface area (Å²) >= 11 is 5.15. The summed E-state index contributed by atoms with van der Waals surface area (Å²) in [6, 6.07) is 13.6. The lowest BCUT2D eigenvalue weighted by atomic mass is 10.1. The number of carbonyl (C=O) groups is 1. The molecule has 0 aliphatic carbocycles. The summed E-state index contributed by atoms with van der Waals surface area (Å²) in [6.45, 7) is 3.55. The molecule has 1 N–H and O–H groups in total. The Hall–Kier alpha value is -2.25. The lowest BCUT2D eigenvalue weighted by Crippen LogP contribution is -2.41.